The molecular weight excluding hydrogens is 592 g/mol. The molecule has 0 atom stereocenters. The zero-order valence-electron chi connectivity index (χ0n) is 23.0. The SMILES string of the molecule is COc1ccccc1Oc1ccc(S(=O)(=O)N(c2cccnc2)S(=O)(=O)c2ccc(Oc3ccccc3OC)cc2)cc1. The summed E-state index contributed by atoms with van der Waals surface area (Å²) in [6.45, 7) is 0. The van der Waals surface area contributed by atoms with Crippen LogP contribution in [0.15, 0.2) is 131 Å². The van der Waals surface area contributed by atoms with E-state index in [1.807, 2.05) is 0 Å². The second kappa shape index (κ2) is 12.4. The minimum atomic E-state index is -4.65. The van der Waals surface area contributed by atoms with Gasteiger partial charge in [-0.2, -0.15) is 3.71 Å². The molecule has 1 aromatic heterocycles. The van der Waals surface area contributed by atoms with Crippen molar-refractivity contribution in [3.8, 4) is 34.5 Å². The molecule has 0 spiro atoms. The molecule has 220 valence electrons. The lowest BCUT2D eigenvalue weighted by atomic mass is 10.3. The van der Waals surface area contributed by atoms with Crippen LogP contribution in [0.4, 0.5) is 5.69 Å². The first-order valence-corrected chi connectivity index (χ1v) is 15.6. The molecule has 43 heavy (non-hydrogen) atoms. The van der Waals surface area contributed by atoms with Crippen LogP contribution in [-0.4, -0.2) is 36.0 Å². The second-order valence-corrected chi connectivity index (χ2v) is 12.7. The molecule has 10 nitrogen and oxygen atoms in total. The number of para-hydroxylation sites is 4. The Hall–Kier alpha value is -5.07. The standard InChI is InChI=1S/C31H26N2O8S2/c1-38-28-9-3-5-11-30(28)40-24-13-17-26(18-14-24)42(34,35)33(23-8-7-21-32-22-23)43(36,37)27-19-15-25(16-20-27)41-31-12-6-4-10-29(31)39-2/h3-22H,1-2H3. The summed E-state index contributed by atoms with van der Waals surface area (Å²) in [6.07, 6.45) is 2.57. The first-order chi connectivity index (χ1) is 20.7. The Bertz CT molecular complexity index is 1790. The Morgan fingerprint density at radius 2 is 0.953 bits per heavy atom. The van der Waals surface area contributed by atoms with Gasteiger partial charge in [0.2, 0.25) is 0 Å². The maximum atomic E-state index is 13.9. The summed E-state index contributed by atoms with van der Waals surface area (Å²) in [5, 5.41) is 0. The lowest BCUT2D eigenvalue weighted by molar-refractivity contribution is 0.379. The lowest BCUT2D eigenvalue weighted by Gasteiger charge is -2.24. The third kappa shape index (κ3) is 6.25. The van der Waals surface area contributed by atoms with Crippen LogP contribution in [0.2, 0.25) is 0 Å². The predicted molar refractivity (Wildman–Crippen MR) is 160 cm³/mol. The minimum Gasteiger partial charge on any atom is -0.493 e. The number of aromatic nitrogens is 1. The third-order valence-electron chi connectivity index (χ3n) is 6.13. The fourth-order valence-corrected chi connectivity index (χ4v) is 7.74. The van der Waals surface area contributed by atoms with Crippen molar-refractivity contribution in [3.05, 3.63) is 122 Å². The van der Waals surface area contributed by atoms with Crippen LogP contribution in [0, 0.1) is 0 Å². The summed E-state index contributed by atoms with van der Waals surface area (Å²) in [5.41, 5.74) is -0.161. The molecule has 0 radical (unpaired) electrons. The number of rotatable bonds is 11. The van der Waals surface area contributed by atoms with Gasteiger partial charge in [0, 0.05) is 6.20 Å². The molecule has 12 heteroatoms. The van der Waals surface area contributed by atoms with Crippen LogP contribution in [0.25, 0.3) is 0 Å². The summed E-state index contributed by atoms with van der Waals surface area (Å²) in [7, 11) is -6.29. The van der Waals surface area contributed by atoms with Gasteiger partial charge in [0.15, 0.2) is 23.0 Å². The molecule has 0 aliphatic carbocycles. The monoisotopic (exact) mass is 618 g/mol. The van der Waals surface area contributed by atoms with Gasteiger partial charge in [-0.25, -0.2) is 16.8 Å². The molecule has 0 unspecified atom stereocenters. The summed E-state index contributed by atoms with van der Waals surface area (Å²) in [5.74, 6) is 2.49. The van der Waals surface area contributed by atoms with E-state index >= 15 is 0 Å². The number of sulfonamides is 2. The Kier molecular flexibility index (Phi) is 8.51. The van der Waals surface area contributed by atoms with E-state index in [9.17, 15) is 16.8 Å². The number of methoxy groups -OCH3 is 2. The summed E-state index contributed by atoms with van der Waals surface area (Å²) >= 11 is 0. The van der Waals surface area contributed by atoms with Crippen molar-refractivity contribution in [1.82, 2.24) is 4.98 Å². The molecule has 5 aromatic rings. The van der Waals surface area contributed by atoms with Gasteiger partial charge in [0.1, 0.15) is 11.5 Å². The minimum absolute atomic E-state index is 0.161. The van der Waals surface area contributed by atoms with Gasteiger partial charge in [0.25, 0.3) is 20.0 Å². The third-order valence-corrected chi connectivity index (χ3v) is 10.3. The van der Waals surface area contributed by atoms with Crippen molar-refractivity contribution >= 4 is 25.7 Å². The van der Waals surface area contributed by atoms with Gasteiger partial charge in [-0.15, -0.1) is 0 Å². The van der Waals surface area contributed by atoms with E-state index in [-0.39, 0.29) is 15.5 Å². The molecule has 0 saturated heterocycles. The summed E-state index contributed by atoms with van der Waals surface area (Å²) in [6, 6.07) is 27.5. The first-order valence-electron chi connectivity index (χ1n) is 12.8. The Balaban J connectivity index is 1.47. The van der Waals surface area contributed by atoms with Crippen LogP contribution in [-0.2, 0) is 20.0 Å². The number of anilines is 1. The topological polar surface area (TPSA) is 121 Å². The fourth-order valence-electron chi connectivity index (χ4n) is 4.08. The molecule has 0 N–H and O–H groups in total. The molecule has 0 aliphatic rings. The van der Waals surface area contributed by atoms with Crippen LogP contribution in [0.3, 0.4) is 0 Å². The van der Waals surface area contributed by atoms with Crippen LogP contribution in [0.5, 0.6) is 34.5 Å². The fraction of sp³-hybridized carbons (Fsp3) is 0.0645. The maximum Gasteiger partial charge on any atom is 0.277 e. The molecular formula is C31H26N2O8S2. The largest absolute Gasteiger partial charge is 0.493 e. The second-order valence-electron chi connectivity index (χ2n) is 8.87. The van der Waals surface area contributed by atoms with Gasteiger partial charge in [-0.3, -0.25) is 4.98 Å². The van der Waals surface area contributed by atoms with Gasteiger partial charge in [-0.1, -0.05) is 24.3 Å². The molecule has 5 rings (SSSR count). The highest BCUT2D eigenvalue weighted by atomic mass is 32.3. The highest BCUT2D eigenvalue weighted by Gasteiger charge is 2.37. The quantitative estimate of drug-likeness (QED) is 0.169. The normalized spacial score (nSPS) is 11.4. The number of ether oxygens (including phenoxy) is 4. The van der Waals surface area contributed by atoms with Gasteiger partial charge in [-0.05, 0) is 84.9 Å². The van der Waals surface area contributed by atoms with Gasteiger partial charge >= 0.3 is 0 Å². The van der Waals surface area contributed by atoms with Crippen molar-refractivity contribution in [2.24, 2.45) is 0 Å². The summed E-state index contributed by atoms with van der Waals surface area (Å²) in [4.78, 5) is 3.39. The van der Waals surface area contributed by atoms with E-state index in [4.69, 9.17) is 18.9 Å². The van der Waals surface area contributed by atoms with E-state index in [1.165, 1.54) is 81.1 Å². The van der Waals surface area contributed by atoms with Crippen molar-refractivity contribution in [1.29, 1.82) is 0 Å². The number of hydrogen-bond donors (Lipinski definition) is 0. The number of hydrogen-bond acceptors (Lipinski definition) is 9. The summed E-state index contributed by atoms with van der Waals surface area (Å²) < 4.78 is 78.3. The average Bonchev–Trinajstić information content (AvgIpc) is 3.02. The highest BCUT2D eigenvalue weighted by Crippen LogP contribution is 2.35. The maximum absolute atomic E-state index is 13.9. The number of nitrogens with zero attached hydrogens (tertiary/aromatic N) is 2. The smallest absolute Gasteiger partial charge is 0.277 e. The molecule has 0 fully saturated rings. The predicted octanol–water partition coefficient (Wildman–Crippen LogP) is 6.27. The van der Waals surface area contributed by atoms with Crippen molar-refractivity contribution in [2.75, 3.05) is 17.9 Å². The molecule has 4 aromatic carbocycles. The lowest BCUT2D eigenvalue weighted by Crippen LogP contribution is -2.37. The molecule has 0 saturated carbocycles. The van der Waals surface area contributed by atoms with Crippen molar-refractivity contribution in [2.45, 2.75) is 9.79 Å². The molecule has 1 heterocycles. The van der Waals surface area contributed by atoms with E-state index in [2.05, 4.69) is 4.98 Å². The van der Waals surface area contributed by atoms with Crippen molar-refractivity contribution < 1.29 is 35.8 Å². The molecule has 0 bridgehead atoms. The zero-order valence-corrected chi connectivity index (χ0v) is 24.7. The number of benzene rings is 4. The van der Waals surface area contributed by atoms with Crippen LogP contribution in [0.1, 0.15) is 0 Å². The first kappa shape index (κ1) is 29.4. The van der Waals surface area contributed by atoms with Gasteiger partial charge in [0.05, 0.1) is 35.9 Å². The van der Waals surface area contributed by atoms with Crippen LogP contribution < -0.4 is 22.7 Å². The van der Waals surface area contributed by atoms with E-state index in [1.54, 1.807) is 48.5 Å². The molecule has 0 aliphatic heterocycles. The van der Waals surface area contributed by atoms with E-state index < -0.39 is 20.0 Å². The van der Waals surface area contributed by atoms with E-state index in [0.29, 0.717) is 38.2 Å². The highest BCUT2D eigenvalue weighted by molar-refractivity contribution is 8.10. The van der Waals surface area contributed by atoms with Crippen molar-refractivity contribution in [3.63, 3.8) is 0 Å². The Morgan fingerprint density at radius 1 is 0.535 bits per heavy atom. The Morgan fingerprint density at radius 3 is 1.33 bits per heavy atom. The average molecular weight is 619 g/mol. The number of pyridine rings is 1. The Labute approximate surface area is 249 Å². The zero-order chi connectivity index (χ0) is 30.5. The van der Waals surface area contributed by atoms with E-state index in [0.717, 1.165) is 6.20 Å². The van der Waals surface area contributed by atoms with Gasteiger partial charge < -0.3 is 18.9 Å². The van der Waals surface area contributed by atoms with Crippen LogP contribution >= 0.6 is 0 Å². The molecule has 0 amide bonds.